The van der Waals surface area contributed by atoms with Crippen LogP contribution in [-0.2, 0) is 30.4 Å². The first-order chi connectivity index (χ1) is 15.7. The molecule has 5 heteroatoms. The Balaban J connectivity index is 0. The van der Waals surface area contributed by atoms with Crippen LogP contribution < -0.4 is 10.5 Å². The summed E-state index contributed by atoms with van der Waals surface area (Å²) >= 11 is -2.37. The van der Waals surface area contributed by atoms with E-state index in [1.165, 1.54) is 10.5 Å². The average Bonchev–Trinajstić information content (AvgIpc) is 3.44. The fourth-order valence-corrected chi connectivity index (χ4v) is 8.94. The van der Waals surface area contributed by atoms with Crippen LogP contribution >= 0.6 is 0 Å². The molecule has 0 bridgehead atoms. The molecule has 0 saturated carbocycles. The van der Waals surface area contributed by atoms with Gasteiger partial charge in [0.25, 0.3) is 0 Å². The molecule has 0 aliphatic carbocycles. The molecular formula is C28H25MoO2SbSn-5. The summed E-state index contributed by atoms with van der Waals surface area (Å²) in [5.74, 6) is 0. The molecule has 4 aromatic rings. The Morgan fingerprint density at radius 1 is 0.606 bits per heavy atom. The van der Waals surface area contributed by atoms with Crippen molar-refractivity contribution in [2.75, 3.05) is 0 Å². The van der Waals surface area contributed by atoms with Gasteiger partial charge < -0.3 is 30.3 Å². The van der Waals surface area contributed by atoms with Crippen LogP contribution in [0.15, 0.2) is 97.1 Å². The van der Waals surface area contributed by atoms with Crippen molar-refractivity contribution in [1.82, 2.24) is 0 Å². The Morgan fingerprint density at radius 2 is 0.848 bits per heavy atom. The van der Waals surface area contributed by atoms with Crippen LogP contribution in [0.2, 0.25) is 14.8 Å². The Kier molecular flexibility index (Phi) is 24.6. The summed E-state index contributed by atoms with van der Waals surface area (Å²) in [6.45, 7) is 9.00. The van der Waals surface area contributed by atoms with Gasteiger partial charge in [0.1, 0.15) is 0 Å². The fraction of sp³-hybridized carbons (Fsp3) is 0.107. The molecule has 0 amide bonds. The fourth-order valence-electron chi connectivity index (χ4n) is 2.36. The zero-order chi connectivity index (χ0) is 24.0. The van der Waals surface area contributed by atoms with Crippen molar-refractivity contribution in [2.24, 2.45) is 0 Å². The van der Waals surface area contributed by atoms with Crippen molar-refractivity contribution < 1.29 is 30.4 Å². The standard InChI is InChI=1S/3C6H5.C5H.2CO.3CH3.Mo.Sb.Sn/c3*1-2-4-6-5-3-1;1-2-4-5-3-1;2*1-2;;;;;;/h3*1-5H;1H;;;3*1H3;;;/q;;;-5;;;;;;;;. The Hall–Kier alpha value is -1.20. The summed E-state index contributed by atoms with van der Waals surface area (Å²) in [4.78, 5) is 7.09. The summed E-state index contributed by atoms with van der Waals surface area (Å²) in [6.07, 6.45) is 0. The van der Waals surface area contributed by atoms with Gasteiger partial charge in [-0.15, -0.1) is 0 Å². The van der Waals surface area contributed by atoms with Gasteiger partial charge in [-0.25, -0.2) is 0 Å². The molecule has 0 aromatic heterocycles. The molecule has 0 heterocycles. The van der Waals surface area contributed by atoms with E-state index in [1.54, 1.807) is 6.07 Å². The Morgan fingerprint density at radius 3 is 1.03 bits per heavy atom. The number of benzene rings is 3. The molecule has 4 aromatic carbocycles. The molecule has 0 unspecified atom stereocenters. The zero-order valence-corrected chi connectivity index (χ0v) is 26.3. The summed E-state index contributed by atoms with van der Waals surface area (Å²) < 4.78 is 19.5. The first kappa shape index (κ1) is 34.0. The summed E-state index contributed by atoms with van der Waals surface area (Å²) in [6, 6.07) is 44.9. The quantitative estimate of drug-likeness (QED) is 0.173. The van der Waals surface area contributed by atoms with Gasteiger partial charge in [0.15, 0.2) is 0 Å². The molecule has 169 valence electrons. The van der Waals surface area contributed by atoms with Gasteiger partial charge in [-0.3, -0.25) is 0 Å². The average molecular weight is 730 g/mol. The molecule has 1 radical (unpaired) electrons. The second kappa shape index (κ2) is 23.9. The van der Waals surface area contributed by atoms with E-state index in [4.69, 9.17) is 9.30 Å². The molecule has 0 spiro atoms. The maximum absolute atomic E-state index is 7.50. The van der Waals surface area contributed by atoms with Crippen molar-refractivity contribution in [3.63, 3.8) is 0 Å². The molecule has 33 heavy (non-hydrogen) atoms. The van der Waals surface area contributed by atoms with E-state index in [9.17, 15) is 0 Å². The van der Waals surface area contributed by atoms with Crippen LogP contribution in [0.5, 0.6) is 0 Å². The molecule has 0 fully saturated rings. The zero-order valence-electron chi connectivity index (χ0n) is 18.9. The van der Waals surface area contributed by atoms with Crippen molar-refractivity contribution in [3.8, 4) is 0 Å². The van der Waals surface area contributed by atoms with Gasteiger partial charge in [0, 0.05) is 21.1 Å². The van der Waals surface area contributed by atoms with Gasteiger partial charge in [-0.05, 0) is 0 Å². The van der Waals surface area contributed by atoms with Gasteiger partial charge in [0.05, 0.1) is 0 Å². The van der Waals surface area contributed by atoms with Gasteiger partial charge >= 0.3 is 179 Å². The van der Waals surface area contributed by atoms with Gasteiger partial charge in [-0.2, -0.15) is 0 Å². The third-order valence-electron chi connectivity index (χ3n) is 3.39. The first-order valence-corrected chi connectivity index (χ1v) is 22.0. The molecule has 4 rings (SSSR count). The third kappa shape index (κ3) is 16.1. The van der Waals surface area contributed by atoms with E-state index < -0.39 is 40.0 Å². The molecule has 0 saturated heterocycles. The maximum atomic E-state index is 7.50. The van der Waals surface area contributed by atoms with E-state index in [2.05, 4.69) is 143 Å². The van der Waals surface area contributed by atoms with Crippen molar-refractivity contribution >= 4 is 50.5 Å². The second-order valence-electron chi connectivity index (χ2n) is 6.53. The van der Waals surface area contributed by atoms with Crippen LogP contribution in [0.25, 0.3) is 0 Å². The van der Waals surface area contributed by atoms with Gasteiger partial charge in [-0.1, -0.05) is 0 Å². The van der Waals surface area contributed by atoms with Crippen LogP contribution in [0.1, 0.15) is 0 Å². The predicted octanol–water partition coefficient (Wildman–Crippen LogP) is 4.10. The van der Waals surface area contributed by atoms with Crippen molar-refractivity contribution in [1.29, 1.82) is 0 Å². The number of hydrogen-bond donors (Lipinski definition) is 0. The predicted molar refractivity (Wildman–Crippen MR) is 133 cm³/mol. The topological polar surface area (TPSA) is 39.8 Å². The number of hydrogen-bond acceptors (Lipinski definition) is 0. The van der Waals surface area contributed by atoms with E-state index in [0.29, 0.717) is 0 Å². The normalized spacial score (nSPS) is 8.52. The summed E-state index contributed by atoms with van der Waals surface area (Å²) in [5, 5.41) is 0. The molecule has 0 aliphatic rings. The molecule has 2 nitrogen and oxygen atoms in total. The molecule has 0 aliphatic heterocycles. The monoisotopic (exact) mass is 732 g/mol. The van der Waals surface area contributed by atoms with Crippen molar-refractivity contribution in [3.05, 3.63) is 135 Å². The van der Waals surface area contributed by atoms with Crippen LogP contribution in [-0.4, -0.2) is 40.0 Å². The minimum atomic E-state index is -1.83. The first-order valence-electron chi connectivity index (χ1n) is 9.64. The number of rotatable bonds is 3. The SMILES string of the molecule is [C-]#[O+].[C-]#[O+].[CH3][Sn]([CH3])[CH3].[Mo].[c-]1[c-][c-][cH-][c-]1.c1cc[c]([Sb]([c]2ccccc2)[c]2ccccc2)cc1. The minimum absolute atomic E-state index is 0. The van der Waals surface area contributed by atoms with E-state index >= 15 is 0 Å². The van der Waals surface area contributed by atoms with E-state index in [1.807, 2.05) is 0 Å². The third-order valence-corrected chi connectivity index (χ3v) is 10.4. The second-order valence-corrected chi connectivity index (χ2v) is 21.4. The Labute approximate surface area is 228 Å². The van der Waals surface area contributed by atoms with Gasteiger partial charge in [0.2, 0.25) is 0 Å². The van der Waals surface area contributed by atoms with E-state index in [-0.39, 0.29) is 21.1 Å². The van der Waals surface area contributed by atoms with Crippen LogP contribution in [0.3, 0.4) is 0 Å². The summed E-state index contributed by atoms with van der Waals surface area (Å²) in [7, 11) is 0. The summed E-state index contributed by atoms with van der Waals surface area (Å²) in [5.41, 5.74) is 0. The van der Waals surface area contributed by atoms with Crippen LogP contribution in [0, 0.1) is 37.6 Å². The molecule has 0 atom stereocenters. The van der Waals surface area contributed by atoms with Crippen LogP contribution in [0.4, 0.5) is 0 Å². The Bertz CT molecular complexity index is 822. The molecular weight excluding hydrogens is 705 g/mol. The van der Waals surface area contributed by atoms with E-state index in [0.717, 1.165) is 0 Å². The molecule has 0 N–H and O–H groups in total. The van der Waals surface area contributed by atoms with Crippen molar-refractivity contribution in [2.45, 2.75) is 14.8 Å².